The Morgan fingerprint density at radius 2 is 1.75 bits per heavy atom. The van der Waals surface area contributed by atoms with E-state index >= 15 is 0 Å². The van der Waals surface area contributed by atoms with Crippen molar-refractivity contribution in [3.63, 3.8) is 0 Å². The number of carbonyl (C=O) groups is 1. The van der Waals surface area contributed by atoms with Gasteiger partial charge in [0, 0.05) is 12.5 Å². The molecule has 1 saturated carbocycles. The molecule has 16 heavy (non-hydrogen) atoms. The number of ketones is 1. The summed E-state index contributed by atoms with van der Waals surface area (Å²) in [6.45, 7) is 8.62. The van der Waals surface area contributed by atoms with Crippen molar-refractivity contribution in [3.05, 3.63) is 0 Å². The maximum atomic E-state index is 12.3. The summed E-state index contributed by atoms with van der Waals surface area (Å²) in [4.78, 5) is 12.3. The minimum absolute atomic E-state index is 0.240. The van der Waals surface area contributed by atoms with E-state index in [1.807, 2.05) is 20.8 Å². The summed E-state index contributed by atoms with van der Waals surface area (Å²) < 4.78 is 5.55. The molecule has 0 heterocycles. The van der Waals surface area contributed by atoms with E-state index in [0.717, 1.165) is 18.8 Å². The van der Waals surface area contributed by atoms with E-state index in [2.05, 4.69) is 6.92 Å². The zero-order valence-electron chi connectivity index (χ0n) is 11.2. The van der Waals surface area contributed by atoms with Crippen molar-refractivity contribution < 1.29 is 9.53 Å². The Balaban J connectivity index is 2.50. The molecule has 1 aliphatic rings. The minimum atomic E-state index is -0.585. The Labute approximate surface area is 99.8 Å². The predicted molar refractivity (Wildman–Crippen MR) is 66.5 cm³/mol. The fourth-order valence-corrected chi connectivity index (χ4v) is 2.76. The van der Waals surface area contributed by atoms with Gasteiger partial charge in [-0.25, -0.2) is 0 Å². The lowest BCUT2D eigenvalue weighted by Gasteiger charge is -2.32. The van der Waals surface area contributed by atoms with Crippen LogP contribution in [-0.2, 0) is 9.53 Å². The molecule has 2 heteroatoms. The van der Waals surface area contributed by atoms with Gasteiger partial charge in [0.2, 0.25) is 0 Å². The lowest BCUT2D eigenvalue weighted by Crippen LogP contribution is -2.41. The molecule has 0 aromatic rings. The smallest absolute Gasteiger partial charge is 0.167 e. The van der Waals surface area contributed by atoms with Crippen LogP contribution in [0.5, 0.6) is 0 Å². The zero-order valence-corrected chi connectivity index (χ0v) is 11.2. The molecule has 0 atom stereocenters. The predicted octanol–water partition coefficient (Wildman–Crippen LogP) is 3.59. The van der Waals surface area contributed by atoms with Crippen LogP contribution in [0.15, 0.2) is 0 Å². The highest BCUT2D eigenvalue weighted by Gasteiger charge is 2.35. The summed E-state index contributed by atoms with van der Waals surface area (Å²) in [5.74, 6) is 1.40. The minimum Gasteiger partial charge on any atom is -0.368 e. The molecule has 1 rings (SSSR count). The molecular weight excluding hydrogens is 200 g/mol. The van der Waals surface area contributed by atoms with Gasteiger partial charge in [-0.05, 0) is 52.4 Å². The van der Waals surface area contributed by atoms with Gasteiger partial charge in [-0.2, -0.15) is 0 Å². The molecule has 1 fully saturated rings. The quantitative estimate of drug-likeness (QED) is 0.716. The highest BCUT2D eigenvalue weighted by molar-refractivity contribution is 5.88. The Morgan fingerprint density at radius 1 is 1.19 bits per heavy atom. The summed E-state index contributed by atoms with van der Waals surface area (Å²) in [5, 5.41) is 0. The van der Waals surface area contributed by atoms with Gasteiger partial charge >= 0.3 is 0 Å². The number of Topliss-reactive ketones (excluding diaryl/α,β-unsaturated/α-hetero) is 1. The van der Waals surface area contributed by atoms with Gasteiger partial charge in [0.15, 0.2) is 5.78 Å². The molecule has 94 valence electrons. The third-order valence-electron chi connectivity index (χ3n) is 3.89. The third kappa shape index (κ3) is 3.31. The second kappa shape index (κ2) is 5.81. The van der Waals surface area contributed by atoms with E-state index in [0.29, 0.717) is 12.4 Å². The van der Waals surface area contributed by atoms with Crippen molar-refractivity contribution in [2.45, 2.75) is 65.4 Å². The van der Waals surface area contributed by atoms with Crippen LogP contribution < -0.4 is 0 Å². The molecule has 2 nitrogen and oxygen atoms in total. The van der Waals surface area contributed by atoms with E-state index in [1.54, 1.807) is 0 Å². The average Bonchev–Trinajstić information content (AvgIpc) is 2.28. The highest BCUT2D eigenvalue weighted by Crippen LogP contribution is 2.33. The molecule has 0 radical (unpaired) electrons. The Hall–Kier alpha value is -0.370. The van der Waals surface area contributed by atoms with Gasteiger partial charge in [-0.1, -0.05) is 13.3 Å². The average molecular weight is 226 g/mol. The van der Waals surface area contributed by atoms with Crippen LogP contribution >= 0.6 is 0 Å². The number of hydrogen-bond donors (Lipinski definition) is 0. The Bertz CT molecular complexity index is 225. The molecule has 0 aliphatic heterocycles. The number of ether oxygens (including phenoxy) is 1. The number of hydrogen-bond acceptors (Lipinski definition) is 2. The standard InChI is InChI=1S/C14H26O2/c1-5-11-7-9-12(10-8-11)13(15)14(3,4)16-6-2/h11-12H,5-10H2,1-4H3. The van der Waals surface area contributed by atoms with Crippen molar-refractivity contribution in [1.82, 2.24) is 0 Å². The maximum absolute atomic E-state index is 12.3. The van der Waals surface area contributed by atoms with Crippen LogP contribution in [0.2, 0.25) is 0 Å². The molecule has 0 aromatic heterocycles. The lowest BCUT2D eigenvalue weighted by atomic mass is 9.76. The van der Waals surface area contributed by atoms with Gasteiger partial charge in [-0.3, -0.25) is 4.79 Å². The summed E-state index contributed by atoms with van der Waals surface area (Å²) >= 11 is 0. The molecule has 0 saturated heterocycles. The Morgan fingerprint density at radius 3 is 2.19 bits per heavy atom. The first-order chi connectivity index (χ1) is 7.51. The highest BCUT2D eigenvalue weighted by atomic mass is 16.5. The maximum Gasteiger partial charge on any atom is 0.167 e. The zero-order chi connectivity index (χ0) is 12.2. The SMILES string of the molecule is CCOC(C)(C)C(=O)C1CCC(CC)CC1. The van der Waals surface area contributed by atoms with Crippen molar-refractivity contribution in [3.8, 4) is 0 Å². The van der Waals surface area contributed by atoms with E-state index < -0.39 is 5.60 Å². The first kappa shape index (κ1) is 13.7. The third-order valence-corrected chi connectivity index (χ3v) is 3.89. The lowest BCUT2D eigenvalue weighted by molar-refractivity contribution is -0.145. The molecule has 0 bridgehead atoms. The molecule has 0 aromatic carbocycles. The normalized spacial score (nSPS) is 26.8. The van der Waals surface area contributed by atoms with Crippen molar-refractivity contribution in [2.24, 2.45) is 11.8 Å². The molecule has 0 N–H and O–H groups in total. The summed E-state index contributed by atoms with van der Waals surface area (Å²) in [6.07, 6.45) is 5.82. The molecular formula is C14H26O2. The van der Waals surface area contributed by atoms with Crippen LogP contribution in [-0.4, -0.2) is 18.0 Å². The van der Waals surface area contributed by atoms with Gasteiger partial charge in [0.25, 0.3) is 0 Å². The van der Waals surface area contributed by atoms with Crippen LogP contribution in [0, 0.1) is 11.8 Å². The van der Waals surface area contributed by atoms with Crippen LogP contribution in [0.25, 0.3) is 0 Å². The van der Waals surface area contributed by atoms with Crippen molar-refractivity contribution in [1.29, 1.82) is 0 Å². The fourth-order valence-electron chi connectivity index (χ4n) is 2.76. The molecule has 1 aliphatic carbocycles. The second-order valence-electron chi connectivity index (χ2n) is 5.43. The van der Waals surface area contributed by atoms with Crippen molar-refractivity contribution >= 4 is 5.78 Å². The van der Waals surface area contributed by atoms with Gasteiger partial charge < -0.3 is 4.74 Å². The summed E-state index contributed by atoms with van der Waals surface area (Å²) in [7, 11) is 0. The van der Waals surface area contributed by atoms with Crippen molar-refractivity contribution in [2.75, 3.05) is 6.61 Å². The fraction of sp³-hybridized carbons (Fsp3) is 0.929. The summed E-state index contributed by atoms with van der Waals surface area (Å²) in [5.41, 5.74) is -0.585. The monoisotopic (exact) mass is 226 g/mol. The van der Waals surface area contributed by atoms with Gasteiger partial charge in [-0.15, -0.1) is 0 Å². The topological polar surface area (TPSA) is 26.3 Å². The molecule has 0 spiro atoms. The second-order valence-corrected chi connectivity index (χ2v) is 5.43. The largest absolute Gasteiger partial charge is 0.368 e. The summed E-state index contributed by atoms with van der Waals surface area (Å²) in [6, 6.07) is 0. The van der Waals surface area contributed by atoms with Gasteiger partial charge in [0.1, 0.15) is 5.60 Å². The van der Waals surface area contributed by atoms with E-state index in [9.17, 15) is 4.79 Å². The first-order valence-electron chi connectivity index (χ1n) is 6.69. The molecule has 0 unspecified atom stereocenters. The Kier molecular flexibility index (Phi) is 4.97. The molecule has 0 amide bonds. The number of rotatable bonds is 5. The van der Waals surface area contributed by atoms with E-state index in [4.69, 9.17) is 4.74 Å². The van der Waals surface area contributed by atoms with E-state index in [-0.39, 0.29) is 5.92 Å². The van der Waals surface area contributed by atoms with E-state index in [1.165, 1.54) is 19.3 Å². The van der Waals surface area contributed by atoms with Crippen LogP contribution in [0.3, 0.4) is 0 Å². The van der Waals surface area contributed by atoms with Gasteiger partial charge in [0.05, 0.1) is 0 Å². The first-order valence-corrected chi connectivity index (χ1v) is 6.69. The number of carbonyl (C=O) groups excluding carboxylic acids is 1. The van der Waals surface area contributed by atoms with Crippen LogP contribution in [0.1, 0.15) is 59.8 Å². The van der Waals surface area contributed by atoms with Crippen LogP contribution in [0.4, 0.5) is 0 Å².